The van der Waals surface area contributed by atoms with Crippen LogP contribution < -0.4 is 20.1 Å². The number of esters is 1. The van der Waals surface area contributed by atoms with E-state index in [4.69, 9.17) is 14.2 Å². The molecule has 0 radical (unpaired) electrons. The maximum Gasteiger partial charge on any atom is 0.338 e. The van der Waals surface area contributed by atoms with Crippen LogP contribution in [-0.4, -0.2) is 98.4 Å². The van der Waals surface area contributed by atoms with Crippen LogP contribution in [-0.2, 0) is 9.53 Å². The van der Waals surface area contributed by atoms with Crippen molar-refractivity contribution in [3.63, 3.8) is 0 Å². The number of rotatable bonds is 7. The number of ether oxygens (including phenoxy) is 3. The van der Waals surface area contributed by atoms with Gasteiger partial charge in [-0.15, -0.1) is 0 Å². The number of urea groups is 2. The number of piperazine rings is 1. The fourth-order valence-electron chi connectivity index (χ4n) is 4.85. The summed E-state index contributed by atoms with van der Waals surface area (Å²) in [6, 6.07) is 4.03. The molecule has 38 heavy (non-hydrogen) atoms. The van der Waals surface area contributed by atoms with E-state index in [0.717, 1.165) is 0 Å². The number of amides is 4. The molecule has 2 aliphatic heterocycles. The Hall–Kier alpha value is -3.47. The number of para-hydroxylation sites is 1. The van der Waals surface area contributed by atoms with Crippen molar-refractivity contribution < 1.29 is 28.6 Å². The van der Waals surface area contributed by atoms with Crippen LogP contribution in [0.5, 0.6) is 11.5 Å². The lowest BCUT2D eigenvalue weighted by Crippen LogP contribution is -2.59. The molecule has 0 saturated carbocycles. The van der Waals surface area contributed by atoms with E-state index < -0.39 is 12.0 Å². The second-order valence-electron chi connectivity index (χ2n) is 10.6. The van der Waals surface area contributed by atoms with E-state index in [1.165, 1.54) is 19.1 Å². The highest BCUT2D eigenvalue weighted by molar-refractivity contribution is 5.95. The molecule has 1 fully saturated rings. The molecule has 0 aromatic heterocycles. The number of nitrogens with one attached hydrogen (secondary N) is 2. The Morgan fingerprint density at radius 1 is 1.16 bits per heavy atom. The SMILES string of the molecule is CCOC(=O)C1=C(CN2CCN(C(=O)NC(C)(C)C)[C@H](C)C2)N(C)C(=O)N[C@@H]1c1cccc(OC)c1OC. The Bertz CT molecular complexity index is 1080. The summed E-state index contributed by atoms with van der Waals surface area (Å²) in [7, 11) is 4.69. The lowest BCUT2D eigenvalue weighted by atomic mass is 9.93. The Labute approximate surface area is 225 Å². The molecule has 2 N–H and O–H groups in total. The highest BCUT2D eigenvalue weighted by Gasteiger charge is 2.40. The highest BCUT2D eigenvalue weighted by atomic mass is 16.5. The summed E-state index contributed by atoms with van der Waals surface area (Å²) in [5.41, 5.74) is 1.13. The molecule has 1 saturated heterocycles. The standard InChI is InChI=1S/C27H41N5O6/c1-9-38-24(33)21-19(16-31-13-14-32(17(2)15-31)26(35)29-27(3,4)5)30(6)25(34)28-22(21)18-11-10-12-20(36-7)23(18)37-8/h10-12,17,22H,9,13-16H2,1-8H3,(H,28,34)(H,29,35)/t17-,22-/m1/s1. The molecular weight excluding hydrogens is 490 g/mol. The lowest BCUT2D eigenvalue weighted by molar-refractivity contribution is -0.139. The predicted molar refractivity (Wildman–Crippen MR) is 143 cm³/mol. The molecule has 1 aromatic rings. The number of methoxy groups -OCH3 is 2. The minimum Gasteiger partial charge on any atom is -0.493 e. The molecule has 4 amide bonds. The number of benzene rings is 1. The van der Waals surface area contributed by atoms with Crippen molar-refractivity contribution in [1.29, 1.82) is 0 Å². The summed E-state index contributed by atoms with van der Waals surface area (Å²) in [5.74, 6) is 0.403. The Morgan fingerprint density at radius 2 is 1.87 bits per heavy atom. The lowest BCUT2D eigenvalue weighted by Gasteiger charge is -2.43. The maximum atomic E-state index is 13.4. The smallest absolute Gasteiger partial charge is 0.338 e. The minimum atomic E-state index is -0.797. The third kappa shape index (κ3) is 6.32. The van der Waals surface area contributed by atoms with Gasteiger partial charge in [-0.2, -0.15) is 0 Å². The van der Waals surface area contributed by atoms with Gasteiger partial charge in [0.2, 0.25) is 0 Å². The van der Waals surface area contributed by atoms with Crippen molar-refractivity contribution in [3.05, 3.63) is 35.0 Å². The summed E-state index contributed by atoms with van der Waals surface area (Å²) >= 11 is 0. The van der Waals surface area contributed by atoms with Crippen molar-refractivity contribution in [1.82, 2.24) is 25.3 Å². The van der Waals surface area contributed by atoms with Gasteiger partial charge in [0.25, 0.3) is 0 Å². The number of carbonyl (C=O) groups is 3. The van der Waals surface area contributed by atoms with Crippen LogP contribution in [0.15, 0.2) is 29.5 Å². The summed E-state index contributed by atoms with van der Waals surface area (Å²) in [4.78, 5) is 44.7. The molecule has 11 heteroatoms. The molecular formula is C27H41N5O6. The number of carbonyl (C=O) groups excluding carboxylic acids is 3. The van der Waals surface area contributed by atoms with Gasteiger partial charge < -0.3 is 29.7 Å². The fraction of sp³-hybridized carbons (Fsp3) is 0.593. The summed E-state index contributed by atoms with van der Waals surface area (Å²) < 4.78 is 16.5. The average Bonchev–Trinajstić information content (AvgIpc) is 2.85. The van der Waals surface area contributed by atoms with Gasteiger partial charge in [-0.1, -0.05) is 12.1 Å². The molecule has 0 unspecified atom stereocenters. The van der Waals surface area contributed by atoms with Crippen LogP contribution >= 0.6 is 0 Å². The first-order valence-electron chi connectivity index (χ1n) is 12.9. The van der Waals surface area contributed by atoms with E-state index in [-0.39, 0.29) is 30.2 Å². The zero-order valence-corrected chi connectivity index (χ0v) is 23.7. The van der Waals surface area contributed by atoms with E-state index in [1.807, 2.05) is 32.6 Å². The average molecular weight is 532 g/mol. The van der Waals surface area contributed by atoms with Crippen LogP contribution in [0, 0.1) is 0 Å². The molecule has 2 heterocycles. The van der Waals surface area contributed by atoms with Crippen molar-refractivity contribution in [2.75, 3.05) is 54.1 Å². The van der Waals surface area contributed by atoms with Gasteiger partial charge in [0.15, 0.2) is 11.5 Å². The van der Waals surface area contributed by atoms with Crippen LogP contribution in [0.2, 0.25) is 0 Å². The molecule has 0 aliphatic carbocycles. The maximum absolute atomic E-state index is 13.4. The summed E-state index contributed by atoms with van der Waals surface area (Å²) in [6.07, 6.45) is 0. The zero-order valence-electron chi connectivity index (χ0n) is 23.7. The largest absolute Gasteiger partial charge is 0.493 e. The number of hydrogen-bond donors (Lipinski definition) is 2. The van der Waals surface area contributed by atoms with E-state index in [2.05, 4.69) is 15.5 Å². The first kappa shape index (κ1) is 29.1. The normalized spacial score (nSPS) is 20.7. The Kier molecular flexibility index (Phi) is 9.14. The third-order valence-corrected chi connectivity index (χ3v) is 6.64. The minimum absolute atomic E-state index is 0.0604. The fourth-order valence-corrected chi connectivity index (χ4v) is 4.85. The van der Waals surface area contributed by atoms with E-state index in [1.54, 1.807) is 32.2 Å². The van der Waals surface area contributed by atoms with Crippen molar-refractivity contribution >= 4 is 18.0 Å². The first-order valence-corrected chi connectivity index (χ1v) is 12.9. The molecule has 11 nitrogen and oxygen atoms in total. The van der Waals surface area contributed by atoms with Gasteiger partial charge >= 0.3 is 18.0 Å². The molecule has 0 bridgehead atoms. The highest BCUT2D eigenvalue weighted by Crippen LogP contribution is 2.40. The number of hydrogen-bond acceptors (Lipinski definition) is 7. The molecule has 1 aromatic carbocycles. The van der Waals surface area contributed by atoms with Gasteiger partial charge in [0.1, 0.15) is 0 Å². The second-order valence-corrected chi connectivity index (χ2v) is 10.6. The van der Waals surface area contributed by atoms with Crippen LogP contribution in [0.4, 0.5) is 9.59 Å². The monoisotopic (exact) mass is 531 g/mol. The van der Waals surface area contributed by atoms with Crippen molar-refractivity contribution in [3.8, 4) is 11.5 Å². The zero-order chi connectivity index (χ0) is 28.2. The van der Waals surface area contributed by atoms with Crippen LogP contribution in [0.3, 0.4) is 0 Å². The van der Waals surface area contributed by atoms with Crippen LogP contribution in [0.1, 0.15) is 46.2 Å². The van der Waals surface area contributed by atoms with Gasteiger partial charge in [0.05, 0.1) is 32.4 Å². The van der Waals surface area contributed by atoms with E-state index in [9.17, 15) is 14.4 Å². The van der Waals surface area contributed by atoms with Crippen LogP contribution in [0.25, 0.3) is 0 Å². The molecule has 210 valence electrons. The first-order chi connectivity index (χ1) is 17.9. The topological polar surface area (TPSA) is 113 Å². The third-order valence-electron chi connectivity index (χ3n) is 6.64. The number of likely N-dealkylation sites (N-methyl/N-ethyl adjacent to an activating group) is 1. The predicted octanol–water partition coefficient (Wildman–Crippen LogP) is 2.73. The molecule has 3 rings (SSSR count). The Morgan fingerprint density at radius 3 is 2.45 bits per heavy atom. The Balaban J connectivity index is 1.97. The van der Waals surface area contributed by atoms with Gasteiger partial charge in [-0.05, 0) is 40.7 Å². The second kappa shape index (κ2) is 11.9. The molecule has 0 spiro atoms. The van der Waals surface area contributed by atoms with Crippen molar-refractivity contribution in [2.45, 2.75) is 52.2 Å². The molecule has 2 aliphatic rings. The van der Waals surface area contributed by atoms with E-state index in [0.29, 0.717) is 54.5 Å². The summed E-state index contributed by atoms with van der Waals surface area (Å²) in [6.45, 7) is 11.8. The van der Waals surface area contributed by atoms with E-state index >= 15 is 0 Å². The number of nitrogens with zero attached hydrogens (tertiary/aromatic N) is 3. The van der Waals surface area contributed by atoms with Gasteiger partial charge in [-0.3, -0.25) is 9.80 Å². The van der Waals surface area contributed by atoms with Gasteiger partial charge in [0, 0.05) is 56.1 Å². The quantitative estimate of drug-likeness (QED) is 0.520. The van der Waals surface area contributed by atoms with Crippen molar-refractivity contribution in [2.24, 2.45) is 0 Å². The molecule has 2 atom stereocenters. The summed E-state index contributed by atoms with van der Waals surface area (Å²) in [5, 5.41) is 5.95. The van der Waals surface area contributed by atoms with Gasteiger partial charge in [-0.25, -0.2) is 14.4 Å².